The van der Waals surface area contributed by atoms with E-state index in [2.05, 4.69) is 31.2 Å². The van der Waals surface area contributed by atoms with Gasteiger partial charge in [-0.05, 0) is 35.0 Å². The standard InChI is InChI=1S/C10H14BrN3S/c1-15-10-12-6-8(11)9(14-10)13-7-4-2-3-5-7/h6-7H,2-5H2,1H3,(H,12,13,14). The Kier molecular flexibility index (Phi) is 3.86. The van der Waals surface area contributed by atoms with Gasteiger partial charge in [0.15, 0.2) is 5.16 Å². The van der Waals surface area contributed by atoms with Gasteiger partial charge < -0.3 is 5.32 Å². The molecule has 1 saturated carbocycles. The molecule has 1 N–H and O–H groups in total. The van der Waals surface area contributed by atoms with E-state index in [4.69, 9.17) is 0 Å². The minimum atomic E-state index is 0.589. The fourth-order valence-corrected chi connectivity index (χ4v) is 2.46. The highest BCUT2D eigenvalue weighted by Crippen LogP contribution is 2.26. The van der Waals surface area contributed by atoms with Crippen molar-refractivity contribution in [1.82, 2.24) is 9.97 Å². The third-order valence-electron chi connectivity index (χ3n) is 2.60. The van der Waals surface area contributed by atoms with Crippen molar-refractivity contribution >= 4 is 33.5 Å². The Morgan fingerprint density at radius 3 is 2.87 bits per heavy atom. The van der Waals surface area contributed by atoms with Crippen molar-refractivity contribution in [2.45, 2.75) is 36.9 Å². The van der Waals surface area contributed by atoms with Gasteiger partial charge in [0, 0.05) is 12.2 Å². The summed E-state index contributed by atoms with van der Waals surface area (Å²) in [7, 11) is 0. The van der Waals surface area contributed by atoms with Crippen LogP contribution in [0.3, 0.4) is 0 Å². The fraction of sp³-hybridized carbons (Fsp3) is 0.600. The van der Waals surface area contributed by atoms with Crippen LogP contribution in [0.2, 0.25) is 0 Å². The number of anilines is 1. The highest BCUT2D eigenvalue weighted by atomic mass is 79.9. The van der Waals surface area contributed by atoms with Gasteiger partial charge in [0.05, 0.1) is 4.47 Å². The van der Waals surface area contributed by atoms with E-state index in [0.29, 0.717) is 6.04 Å². The lowest BCUT2D eigenvalue weighted by molar-refractivity contribution is 0.744. The minimum absolute atomic E-state index is 0.589. The van der Waals surface area contributed by atoms with E-state index >= 15 is 0 Å². The van der Waals surface area contributed by atoms with Gasteiger partial charge in [0.2, 0.25) is 0 Å². The Hall–Kier alpha value is -0.290. The monoisotopic (exact) mass is 287 g/mol. The molecule has 3 nitrogen and oxygen atoms in total. The zero-order chi connectivity index (χ0) is 10.7. The summed E-state index contributed by atoms with van der Waals surface area (Å²) < 4.78 is 0.951. The second kappa shape index (κ2) is 5.16. The first kappa shape index (κ1) is 11.2. The lowest BCUT2D eigenvalue weighted by Crippen LogP contribution is -2.16. The molecule has 0 radical (unpaired) electrons. The van der Waals surface area contributed by atoms with Crippen LogP contribution in [0.25, 0.3) is 0 Å². The lowest BCUT2D eigenvalue weighted by Gasteiger charge is -2.13. The maximum absolute atomic E-state index is 4.45. The fourth-order valence-electron chi connectivity index (χ4n) is 1.81. The Balaban J connectivity index is 2.11. The van der Waals surface area contributed by atoms with Crippen molar-refractivity contribution in [3.63, 3.8) is 0 Å². The summed E-state index contributed by atoms with van der Waals surface area (Å²) in [5, 5.41) is 4.29. The lowest BCUT2D eigenvalue weighted by atomic mass is 10.2. The minimum Gasteiger partial charge on any atom is -0.366 e. The second-order valence-corrected chi connectivity index (χ2v) is 5.31. The van der Waals surface area contributed by atoms with Crippen molar-refractivity contribution in [2.75, 3.05) is 11.6 Å². The number of nitrogens with zero attached hydrogens (tertiary/aromatic N) is 2. The van der Waals surface area contributed by atoms with Gasteiger partial charge in [-0.1, -0.05) is 24.6 Å². The van der Waals surface area contributed by atoms with Crippen LogP contribution in [0.5, 0.6) is 0 Å². The molecule has 0 aliphatic heterocycles. The topological polar surface area (TPSA) is 37.8 Å². The van der Waals surface area contributed by atoms with E-state index in [0.717, 1.165) is 15.4 Å². The van der Waals surface area contributed by atoms with Crippen LogP contribution in [0.15, 0.2) is 15.8 Å². The molecule has 1 aromatic rings. The molecule has 0 atom stereocenters. The van der Waals surface area contributed by atoms with Gasteiger partial charge >= 0.3 is 0 Å². The molecular formula is C10H14BrN3S. The molecular weight excluding hydrogens is 274 g/mol. The van der Waals surface area contributed by atoms with Crippen molar-refractivity contribution in [3.8, 4) is 0 Å². The first-order valence-electron chi connectivity index (χ1n) is 5.12. The zero-order valence-corrected chi connectivity index (χ0v) is 11.1. The summed E-state index contributed by atoms with van der Waals surface area (Å²) >= 11 is 5.04. The second-order valence-electron chi connectivity index (χ2n) is 3.68. The number of rotatable bonds is 3. The van der Waals surface area contributed by atoms with Crippen LogP contribution in [-0.4, -0.2) is 22.3 Å². The Labute approximate surface area is 103 Å². The molecule has 2 rings (SSSR count). The molecule has 1 aliphatic carbocycles. The molecule has 0 saturated heterocycles. The summed E-state index contributed by atoms with van der Waals surface area (Å²) in [6.07, 6.45) is 8.97. The van der Waals surface area contributed by atoms with Gasteiger partial charge in [0.25, 0.3) is 0 Å². The van der Waals surface area contributed by atoms with E-state index in [1.54, 1.807) is 11.8 Å². The van der Waals surface area contributed by atoms with E-state index < -0.39 is 0 Å². The Morgan fingerprint density at radius 2 is 2.20 bits per heavy atom. The largest absolute Gasteiger partial charge is 0.366 e. The van der Waals surface area contributed by atoms with Gasteiger partial charge in [-0.25, -0.2) is 9.97 Å². The van der Waals surface area contributed by atoms with Crippen LogP contribution < -0.4 is 5.32 Å². The van der Waals surface area contributed by atoms with E-state index in [1.807, 2.05) is 12.5 Å². The molecule has 1 heterocycles. The Morgan fingerprint density at radius 1 is 1.47 bits per heavy atom. The summed E-state index contributed by atoms with van der Waals surface area (Å²) in [5.74, 6) is 0.932. The van der Waals surface area contributed by atoms with Crippen molar-refractivity contribution < 1.29 is 0 Å². The number of hydrogen-bond acceptors (Lipinski definition) is 4. The first-order chi connectivity index (χ1) is 7.29. The molecule has 1 aromatic heterocycles. The predicted octanol–water partition coefficient (Wildman–Crippen LogP) is 3.32. The molecule has 15 heavy (non-hydrogen) atoms. The summed E-state index contributed by atoms with van der Waals surface area (Å²) in [6, 6.07) is 0.589. The van der Waals surface area contributed by atoms with Crippen LogP contribution in [0, 0.1) is 0 Å². The SMILES string of the molecule is CSc1ncc(Br)c(NC2CCCC2)n1. The van der Waals surface area contributed by atoms with Crippen molar-refractivity contribution in [1.29, 1.82) is 0 Å². The average Bonchev–Trinajstić information content (AvgIpc) is 2.74. The van der Waals surface area contributed by atoms with Crippen LogP contribution >= 0.6 is 27.7 Å². The molecule has 0 amide bonds. The highest BCUT2D eigenvalue weighted by molar-refractivity contribution is 9.10. The van der Waals surface area contributed by atoms with E-state index in [9.17, 15) is 0 Å². The van der Waals surface area contributed by atoms with Gasteiger partial charge in [-0.3, -0.25) is 0 Å². The van der Waals surface area contributed by atoms with Gasteiger partial charge in [-0.2, -0.15) is 0 Å². The van der Waals surface area contributed by atoms with Crippen molar-refractivity contribution in [2.24, 2.45) is 0 Å². The number of nitrogens with one attached hydrogen (secondary N) is 1. The molecule has 0 unspecified atom stereocenters. The summed E-state index contributed by atoms with van der Waals surface area (Å²) in [5.41, 5.74) is 0. The highest BCUT2D eigenvalue weighted by Gasteiger charge is 2.16. The first-order valence-corrected chi connectivity index (χ1v) is 7.14. The van der Waals surface area contributed by atoms with E-state index in [1.165, 1.54) is 25.7 Å². The van der Waals surface area contributed by atoms with Crippen LogP contribution in [-0.2, 0) is 0 Å². The molecule has 5 heteroatoms. The van der Waals surface area contributed by atoms with Crippen LogP contribution in [0.4, 0.5) is 5.82 Å². The molecule has 0 spiro atoms. The van der Waals surface area contributed by atoms with Gasteiger partial charge in [-0.15, -0.1) is 0 Å². The molecule has 0 bridgehead atoms. The number of thioether (sulfide) groups is 1. The summed E-state index contributed by atoms with van der Waals surface area (Å²) in [4.78, 5) is 8.65. The normalized spacial score (nSPS) is 16.9. The van der Waals surface area contributed by atoms with E-state index in [-0.39, 0.29) is 0 Å². The van der Waals surface area contributed by atoms with Gasteiger partial charge in [0.1, 0.15) is 5.82 Å². The van der Waals surface area contributed by atoms with Crippen molar-refractivity contribution in [3.05, 3.63) is 10.7 Å². The third-order valence-corrected chi connectivity index (χ3v) is 3.74. The van der Waals surface area contributed by atoms with Crippen LogP contribution in [0.1, 0.15) is 25.7 Å². The summed E-state index contributed by atoms with van der Waals surface area (Å²) in [6.45, 7) is 0. The number of hydrogen-bond donors (Lipinski definition) is 1. The third kappa shape index (κ3) is 2.84. The zero-order valence-electron chi connectivity index (χ0n) is 8.66. The quantitative estimate of drug-likeness (QED) is 0.684. The molecule has 1 aliphatic rings. The predicted molar refractivity (Wildman–Crippen MR) is 67.4 cm³/mol. The molecule has 1 fully saturated rings. The molecule has 82 valence electrons. The number of halogens is 1. The maximum atomic E-state index is 4.45. The smallest absolute Gasteiger partial charge is 0.189 e. The average molecular weight is 288 g/mol. The number of aromatic nitrogens is 2. The molecule has 0 aromatic carbocycles. The maximum Gasteiger partial charge on any atom is 0.189 e. The Bertz CT molecular complexity index is 339.